The highest BCUT2D eigenvalue weighted by Crippen LogP contribution is 2.26. The quantitative estimate of drug-likeness (QED) is 0.618. The lowest BCUT2D eigenvalue weighted by Crippen LogP contribution is -2.30. The van der Waals surface area contributed by atoms with Crippen LogP contribution in [0.15, 0.2) is 54.9 Å². The first-order valence-corrected chi connectivity index (χ1v) is 9.43. The van der Waals surface area contributed by atoms with E-state index in [2.05, 4.69) is 34.7 Å². The van der Waals surface area contributed by atoms with E-state index in [0.717, 1.165) is 17.7 Å². The molecule has 0 saturated heterocycles. The Morgan fingerprint density at radius 3 is 2.48 bits per heavy atom. The molecule has 0 radical (unpaired) electrons. The number of hydrogen-bond donors (Lipinski definition) is 1. The van der Waals surface area contributed by atoms with Crippen molar-refractivity contribution < 1.29 is 14.3 Å². The minimum Gasteiger partial charge on any atom is -0.449 e. The molecule has 3 rings (SSSR count). The molecule has 0 unspecified atom stereocenters. The van der Waals surface area contributed by atoms with E-state index in [1.165, 1.54) is 11.0 Å². The van der Waals surface area contributed by atoms with Gasteiger partial charge in [0.05, 0.1) is 11.3 Å². The molecule has 1 aromatic heterocycles. The highest BCUT2D eigenvalue weighted by atomic mass is 16.5. The van der Waals surface area contributed by atoms with Crippen LogP contribution in [0.2, 0.25) is 0 Å². The largest absolute Gasteiger partial charge is 0.449 e. The number of amides is 1. The summed E-state index contributed by atoms with van der Waals surface area (Å²) in [6, 6.07) is 14.2. The van der Waals surface area contributed by atoms with Crippen molar-refractivity contribution >= 4 is 17.6 Å². The fraction of sp³-hybridized carbons (Fsp3) is 0.286. The standard InChI is InChI=1S/C21H23N5O3/c1-4-14(2)18-7-5-6-8-19(18)23-20(27)15(3)29-21(28)16-9-11-17(12-10-16)26-13-22-24-25-26/h5-15H,4H2,1-3H3,(H,23,27)/t14-,15+/m0/s1. The number of carbonyl (C=O) groups excluding carboxylic acids is 2. The summed E-state index contributed by atoms with van der Waals surface area (Å²) in [7, 11) is 0. The highest BCUT2D eigenvalue weighted by Gasteiger charge is 2.20. The van der Waals surface area contributed by atoms with Gasteiger partial charge in [0.25, 0.3) is 5.91 Å². The number of hydrogen-bond acceptors (Lipinski definition) is 6. The second kappa shape index (κ2) is 9.09. The molecule has 2 atom stereocenters. The van der Waals surface area contributed by atoms with Gasteiger partial charge < -0.3 is 10.1 Å². The van der Waals surface area contributed by atoms with Gasteiger partial charge in [-0.25, -0.2) is 9.48 Å². The first-order chi connectivity index (χ1) is 14.0. The number of aromatic nitrogens is 4. The van der Waals surface area contributed by atoms with E-state index in [9.17, 15) is 9.59 Å². The molecular weight excluding hydrogens is 370 g/mol. The Hall–Kier alpha value is -3.55. The summed E-state index contributed by atoms with van der Waals surface area (Å²) in [5.41, 5.74) is 2.83. The molecule has 0 aliphatic heterocycles. The van der Waals surface area contributed by atoms with E-state index in [0.29, 0.717) is 17.2 Å². The third kappa shape index (κ3) is 4.84. The van der Waals surface area contributed by atoms with Crippen LogP contribution in [0, 0.1) is 0 Å². The van der Waals surface area contributed by atoms with Crippen LogP contribution in [0.4, 0.5) is 5.69 Å². The minimum atomic E-state index is -0.938. The van der Waals surface area contributed by atoms with Gasteiger partial charge in [0, 0.05) is 5.69 Å². The average molecular weight is 393 g/mol. The van der Waals surface area contributed by atoms with Crippen molar-refractivity contribution in [3.63, 3.8) is 0 Å². The zero-order valence-electron chi connectivity index (χ0n) is 16.6. The number of para-hydroxylation sites is 1. The second-order valence-electron chi connectivity index (χ2n) is 6.73. The zero-order chi connectivity index (χ0) is 20.8. The summed E-state index contributed by atoms with van der Waals surface area (Å²) in [4.78, 5) is 24.9. The summed E-state index contributed by atoms with van der Waals surface area (Å²) >= 11 is 0. The molecule has 0 aliphatic carbocycles. The lowest BCUT2D eigenvalue weighted by atomic mass is 9.97. The lowest BCUT2D eigenvalue weighted by molar-refractivity contribution is -0.123. The van der Waals surface area contributed by atoms with E-state index < -0.39 is 12.1 Å². The minimum absolute atomic E-state index is 0.308. The van der Waals surface area contributed by atoms with Crippen molar-refractivity contribution in [2.24, 2.45) is 0 Å². The first-order valence-electron chi connectivity index (χ1n) is 9.43. The molecule has 1 heterocycles. The van der Waals surface area contributed by atoms with Crippen LogP contribution in [-0.4, -0.2) is 38.2 Å². The van der Waals surface area contributed by atoms with Crippen molar-refractivity contribution in [1.29, 1.82) is 0 Å². The summed E-state index contributed by atoms with van der Waals surface area (Å²) in [6.45, 7) is 5.75. The second-order valence-corrected chi connectivity index (χ2v) is 6.73. The number of benzene rings is 2. The summed E-state index contributed by atoms with van der Waals surface area (Å²) in [5.74, 6) is -0.645. The van der Waals surface area contributed by atoms with E-state index in [1.54, 1.807) is 31.2 Å². The maximum atomic E-state index is 12.5. The van der Waals surface area contributed by atoms with Gasteiger partial charge in [-0.2, -0.15) is 0 Å². The van der Waals surface area contributed by atoms with Crippen molar-refractivity contribution in [1.82, 2.24) is 20.2 Å². The Bertz CT molecular complexity index is 970. The Morgan fingerprint density at radius 2 is 1.83 bits per heavy atom. The Labute approximate surface area is 168 Å². The molecule has 29 heavy (non-hydrogen) atoms. The predicted octanol–water partition coefficient (Wildman–Crippen LogP) is 3.36. The number of nitrogens with zero attached hydrogens (tertiary/aromatic N) is 4. The van der Waals surface area contributed by atoms with Gasteiger partial charge in [0.1, 0.15) is 6.33 Å². The van der Waals surface area contributed by atoms with Crippen molar-refractivity contribution in [3.05, 3.63) is 66.0 Å². The SMILES string of the molecule is CC[C@H](C)c1ccccc1NC(=O)[C@@H](C)OC(=O)c1ccc(-n2cnnn2)cc1. The molecule has 0 spiro atoms. The average Bonchev–Trinajstić information content (AvgIpc) is 3.28. The smallest absolute Gasteiger partial charge is 0.338 e. The van der Waals surface area contributed by atoms with Gasteiger partial charge in [-0.15, -0.1) is 5.10 Å². The number of rotatable bonds is 7. The van der Waals surface area contributed by atoms with Crippen LogP contribution in [0.3, 0.4) is 0 Å². The molecular formula is C21H23N5O3. The molecule has 3 aromatic rings. The van der Waals surface area contributed by atoms with Gasteiger partial charge in [-0.1, -0.05) is 32.0 Å². The molecule has 1 amide bonds. The highest BCUT2D eigenvalue weighted by molar-refractivity contribution is 5.97. The monoisotopic (exact) mass is 393 g/mol. The van der Waals surface area contributed by atoms with Gasteiger partial charge >= 0.3 is 5.97 Å². The molecule has 0 fully saturated rings. The molecule has 0 aliphatic rings. The van der Waals surface area contributed by atoms with Gasteiger partial charge in [-0.05, 0) is 65.6 Å². The maximum Gasteiger partial charge on any atom is 0.338 e. The fourth-order valence-electron chi connectivity index (χ4n) is 2.81. The van der Waals surface area contributed by atoms with Gasteiger partial charge in [-0.3, -0.25) is 4.79 Å². The Balaban J connectivity index is 1.63. The van der Waals surface area contributed by atoms with Crippen LogP contribution < -0.4 is 5.32 Å². The van der Waals surface area contributed by atoms with Crippen LogP contribution >= 0.6 is 0 Å². The molecule has 150 valence electrons. The van der Waals surface area contributed by atoms with Crippen LogP contribution in [0.5, 0.6) is 0 Å². The van der Waals surface area contributed by atoms with Crippen LogP contribution in [-0.2, 0) is 9.53 Å². The number of anilines is 1. The first kappa shape index (κ1) is 20.2. The van der Waals surface area contributed by atoms with Crippen LogP contribution in [0.25, 0.3) is 5.69 Å². The third-order valence-electron chi connectivity index (χ3n) is 4.73. The molecule has 0 bridgehead atoms. The third-order valence-corrected chi connectivity index (χ3v) is 4.73. The number of tetrazole rings is 1. The molecule has 2 aromatic carbocycles. The van der Waals surface area contributed by atoms with E-state index in [-0.39, 0.29) is 5.91 Å². The van der Waals surface area contributed by atoms with Gasteiger partial charge in [0.15, 0.2) is 6.10 Å². The fourth-order valence-corrected chi connectivity index (χ4v) is 2.81. The van der Waals surface area contributed by atoms with Gasteiger partial charge in [0.2, 0.25) is 0 Å². The summed E-state index contributed by atoms with van der Waals surface area (Å²) < 4.78 is 6.80. The van der Waals surface area contributed by atoms with Crippen LogP contribution in [0.1, 0.15) is 49.0 Å². The van der Waals surface area contributed by atoms with Crippen molar-refractivity contribution in [2.75, 3.05) is 5.32 Å². The Kier molecular flexibility index (Phi) is 6.33. The van der Waals surface area contributed by atoms with E-state index in [1.807, 2.05) is 24.3 Å². The number of carbonyl (C=O) groups is 2. The molecule has 1 N–H and O–H groups in total. The lowest BCUT2D eigenvalue weighted by Gasteiger charge is -2.18. The summed E-state index contributed by atoms with van der Waals surface area (Å²) in [5, 5.41) is 13.8. The number of esters is 1. The summed E-state index contributed by atoms with van der Waals surface area (Å²) in [6.07, 6.45) is 1.47. The molecule has 8 nitrogen and oxygen atoms in total. The van der Waals surface area contributed by atoms with Crippen molar-refractivity contribution in [3.8, 4) is 5.69 Å². The van der Waals surface area contributed by atoms with E-state index >= 15 is 0 Å². The van der Waals surface area contributed by atoms with Crippen molar-refractivity contribution in [2.45, 2.75) is 39.2 Å². The predicted molar refractivity (Wildman–Crippen MR) is 108 cm³/mol. The topological polar surface area (TPSA) is 99.0 Å². The maximum absolute atomic E-state index is 12.5. The Morgan fingerprint density at radius 1 is 1.10 bits per heavy atom. The molecule has 0 saturated carbocycles. The number of nitrogens with one attached hydrogen (secondary N) is 1. The normalized spacial score (nSPS) is 12.8. The van der Waals surface area contributed by atoms with E-state index in [4.69, 9.17) is 4.74 Å². The number of ether oxygens (including phenoxy) is 1. The molecule has 8 heteroatoms. The zero-order valence-corrected chi connectivity index (χ0v) is 16.6.